The van der Waals surface area contributed by atoms with E-state index in [1.165, 1.54) is 0 Å². The van der Waals surface area contributed by atoms with E-state index in [2.05, 4.69) is 18.3 Å². The summed E-state index contributed by atoms with van der Waals surface area (Å²) < 4.78 is 11.1. The van der Waals surface area contributed by atoms with Gasteiger partial charge in [0.2, 0.25) is 5.91 Å². The summed E-state index contributed by atoms with van der Waals surface area (Å²) in [6, 6.07) is 11.7. The van der Waals surface area contributed by atoms with E-state index in [-0.39, 0.29) is 5.91 Å². The Morgan fingerprint density at radius 2 is 1.83 bits per heavy atom. The van der Waals surface area contributed by atoms with Crippen LogP contribution in [0.25, 0.3) is 22.2 Å². The third kappa shape index (κ3) is 4.32. The van der Waals surface area contributed by atoms with Crippen LogP contribution in [0.15, 0.2) is 36.4 Å². The zero-order valence-electron chi connectivity index (χ0n) is 17.8. The van der Waals surface area contributed by atoms with Gasteiger partial charge < -0.3 is 19.7 Å². The molecule has 0 radical (unpaired) electrons. The monoisotopic (exact) mass is 393 g/mol. The van der Waals surface area contributed by atoms with Gasteiger partial charge >= 0.3 is 0 Å². The van der Waals surface area contributed by atoms with Gasteiger partial charge in [-0.15, -0.1) is 0 Å². The van der Waals surface area contributed by atoms with Gasteiger partial charge in [-0.25, -0.2) is 4.98 Å². The van der Waals surface area contributed by atoms with Crippen molar-refractivity contribution in [3.05, 3.63) is 47.5 Å². The molecule has 1 N–H and O–H groups in total. The van der Waals surface area contributed by atoms with Gasteiger partial charge in [0, 0.05) is 22.2 Å². The Hall–Kier alpha value is -3.12. The van der Waals surface area contributed by atoms with E-state index in [1.54, 1.807) is 14.2 Å². The van der Waals surface area contributed by atoms with E-state index in [0.717, 1.165) is 50.5 Å². The molecule has 0 fully saturated rings. The molecule has 29 heavy (non-hydrogen) atoms. The number of aryl methyl sites for hydroxylation is 1. The zero-order chi connectivity index (χ0) is 21.1. The fourth-order valence-electron chi connectivity index (χ4n) is 3.47. The van der Waals surface area contributed by atoms with E-state index >= 15 is 0 Å². The molecule has 0 aliphatic heterocycles. The number of carbonyl (C=O) groups excluding carboxylic acids is 1. The first-order valence-electron chi connectivity index (χ1n) is 9.42. The molecule has 1 amide bonds. The Kier molecular flexibility index (Phi) is 6.03. The van der Waals surface area contributed by atoms with Crippen LogP contribution in [0.2, 0.25) is 0 Å². The van der Waals surface area contributed by atoms with Crippen molar-refractivity contribution in [2.24, 2.45) is 0 Å². The van der Waals surface area contributed by atoms with Gasteiger partial charge in [0.1, 0.15) is 11.5 Å². The Morgan fingerprint density at radius 3 is 2.48 bits per heavy atom. The maximum absolute atomic E-state index is 12.1. The van der Waals surface area contributed by atoms with Gasteiger partial charge in [-0.2, -0.15) is 0 Å². The Bertz CT molecular complexity index is 1060. The lowest BCUT2D eigenvalue weighted by atomic mass is 10.0. The summed E-state index contributed by atoms with van der Waals surface area (Å²) >= 11 is 0. The highest BCUT2D eigenvalue weighted by molar-refractivity contribution is 5.95. The van der Waals surface area contributed by atoms with Crippen molar-refractivity contribution >= 4 is 22.5 Å². The van der Waals surface area contributed by atoms with Crippen molar-refractivity contribution in [1.29, 1.82) is 0 Å². The number of amides is 1. The fourth-order valence-corrected chi connectivity index (χ4v) is 3.47. The second-order valence-electron chi connectivity index (χ2n) is 7.32. The first-order chi connectivity index (χ1) is 13.8. The SMILES string of the molecule is COc1ccc(-c2cc(C)c3ccc(NC(=O)CN(C)C)cc3n2)c(OC)c1C. The van der Waals surface area contributed by atoms with Crippen LogP contribution in [0.5, 0.6) is 11.5 Å². The van der Waals surface area contributed by atoms with Crippen LogP contribution >= 0.6 is 0 Å². The number of carbonyl (C=O) groups is 1. The lowest BCUT2D eigenvalue weighted by molar-refractivity contribution is -0.116. The number of benzene rings is 2. The molecule has 0 aliphatic carbocycles. The number of hydrogen-bond acceptors (Lipinski definition) is 5. The third-order valence-corrected chi connectivity index (χ3v) is 4.82. The van der Waals surface area contributed by atoms with Crippen molar-refractivity contribution in [3.8, 4) is 22.8 Å². The molecule has 0 saturated carbocycles. The van der Waals surface area contributed by atoms with Gasteiger partial charge in [0.05, 0.1) is 32.0 Å². The summed E-state index contributed by atoms with van der Waals surface area (Å²) in [6.45, 7) is 4.35. The minimum absolute atomic E-state index is 0.0605. The van der Waals surface area contributed by atoms with Crippen molar-refractivity contribution in [3.63, 3.8) is 0 Å². The van der Waals surface area contributed by atoms with Crippen LogP contribution in [0.3, 0.4) is 0 Å². The lowest BCUT2D eigenvalue weighted by Gasteiger charge is -2.15. The summed E-state index contributed by atoms with van der Waals surface area (Å²) in [6.07, 6.45) is 0. The van der Waals surface area contributed by atoms with Gasteiger partial charge in [-0.05, 0) is 63.8 Å². The molecule has 3 rings (SSSR count). The molecule has 0 bridgehead atoms. The van der Waals surface area contributed by atoms with Crippen molar-refractivity contribution < 1.29 is 14.3 Å². The largest absolute Gasteiger partial charge is 0.496 e. The molecule has 1 heterocycles. The number of fused-ring (bicyclic) bond motifs is 1. The molecule has 1 aromatic heterocycles. The van der Waals surface area contributed by atoms with Gasteiger partial charge in [0.15, 0.2) is 0 Å². The fraction of sp³-hybridized carbons (Fsp3) is 0.304. The second kappa shape index (κ2) is 8.49. The lowest BCUT2D eigenvalue weighted by Crippen LogP contribution is -2.27. The molecule has 2 aromatic carbocycles. The maximum Gasteiger partial charge on any atom is 0.238 e. The van der Waals surface area contributed by atoms with Crippen LogP contribution in [0, 0.1) is 13.8 Å². The van der Waals surface area contributed by atoms with E-state index < -0.39 is 0 Å². The minimum Gasteiger partial charge on any atom is -0.496 e. The van der Waals surface area contributed by atoms with E-state index in [0.29, 0.717) is 6.54 Å². The smallest absolute Gasteiger partial charge is 0.238 e. The average Bonchev–Trinajstić information content (AvgIpc) is 2.66. The molecule has 0 saturated heterocycles. The third-order valence-electron chi connectivity index (χ3n) is 4.82. The normalized spacial score (nSPS) is 11.0. The van der Waals surface area contributed by atoms with Crippen molar-refractivity contribution in [2.45, 2.75) is 13.8 Å². The quantitative estimate of drug-likeness (QED) is 0.685. The second-order valence-corrected chi connectivity index (χ2v) is 7.32. The number of aromatic nitrogens is 1. The number of anilines is 1. The Morgan fingerprint density at radius 1 is 1.07 bits per heavy atom. The molecule has 152 valence electrons. The molecule has 6 nitrogen and oxygen atoms in total. The molecule has 6 heteroatoms. The summed E-state index contributed by atoms with van der Waals surface area (Å²) in [5.74, 6) is 1.45. The highest BCUT2D eigenvalue weighted by atomic mass is 16.5. The van der Waals surface area contributed by atoms with Crippen LogP contribution in [0.4, 0.5) is 5.69 Å². The van der Waals surface area contributed by atoms with Crippen LogP contribution < -0.4 is 14.8 Å². The number of ether oxygens (including phenoxy) is 2. The number of hydrogen-bond donors (Lipinski definition) is 1. The number of likely N-dealkylation sites (N-methyl/N-ethyl adjacent to an activating group) is 1. The molecule has 0 atom stereocenters. The Labute approximate surface area is 171 Å². The maximum atomic E-state index is 12.1. The number of rotatable bonds is 6. The van der Waals surface area contributed by atoms with E-state index in [4.69, 9.17) is 14.5 Å². The summed E-state index contributed by atoms with van der Waals surface area (Å²) in [5, 5.41) is 3.97. The average molecular weight is 393 g/mol. The van der Waals surface area contributed by atoms with Gasteiger partial charge in [-0.3, -0.25) is 4.79 Å². The van der Waals surface area contributed by atoms with Crippen LogP contribution in [0.1, 0.15) is 11.1 Å². The molecular weight excluding hydrogens is 366 g/mol. The summed E-state index contributed by atoms with van der Waals surface area (Å²) in [5.41, 5.74) is 5.29. The standard InChI is InChI=1S/C23H27N3O3/c1-14-11-19(18-9-10-21(28-5)15(2)23(18)29-6)25-20-12-16(7-8-17(14)20)24-22(27)13-26(3)4/h7-12H,13H2,1-6H3,(H,24,27). The summed E-state index contributed by atoms with van der Waals surface area (Å²) in [4.78, 5) is 18.8. The number of methoxy groups -OCH3 is 2. The van der Waals surface area contributed by atoms with Crippen molar-refractivity contribution in [2.75, 3.05) is 40.2 Å². The highest BCUT2D eigenvalue weighted by Gasteiger charge is 2.15. The van der Waals surface area contributed by atoms with E-state index in [9.17, 15) is 4.79 Å². The first-order valence-corrected chi connectivity index (χ1v) is 9.42. The minimum atomic E-state index is -0.0605. The van der Waals surface area contributed by atoms with Gasteiger partial charge in [0.25, 0.3) is 0 Å². The summed E-state index contributed by atoms with van der Waals surface area (Å²) in [7, 11) is 7.02. The molecule has 3 aromatic rings. The zero-order valence-corrected chi connectivity index (χ0v) is 17.8. The topological polar surface area (TPSA) is 63.7 Å². The number of nitrogens with one attached hydrogen (secondary N) is 1. The molecule has 0 spiro atoms. The first kappa shape index (κ1) is 20.6. The predicted octanol–water partition coefficient (Wildman–Crippen LogP) is 4.04. The molecule has 0 aliphatic rings. The van der Waals surface area contributed by atoms with Gasteiger partial charge in [-0.1, -0.05) is 6.07 Å². The number of pyridine rings is 1. The number of nitrogens with zero attached hydrogens (tertiary/aromatic N) is 2. The Balaban J connectivity index is 2.07. The highest BCUT2D eigenvalue weighted by Crippen LogP contribution is 2.38. The van der Waals surface area contributed by atoms with Crippen molar-refractivity contribution in [1.82, 2.24) is 9.88 Å². The van der Waals surface area contributed by atoms with Crippen LogP contribution in [-0.4, -0.2) is 50.7 Å². The van der Waals surface area contributed by atoms with E-state index in [1.807, 2.05) is 56.3 Å². The van der Waals surface area contributed by atoms with Crippen LogP contribution in [-0.2, 0) is 4.79 Å². The molecule has 0 unspecified atom stereocenters. The molecular formula is C23H27N3O3. The predicted molar refractivity (Wildman–Crippen MR) is 117 cm³/mol.